The summed E-state index contributed by atoms with van der Waals surface area (Å²) < 4.78 is 0. The van der Waals surface area contributed by atoms with Gasteiger partial charge in [0, 0.05) is 24.7 Å². The van der Waals surface area contributed by atoms with Gasteiger partial charge in [0.05, 0.1) is 11.6 Å². The molecule has 1 atom stereocenters. The maximum Gasteiger partial charge on any atom is 0.318 e. The number of pyridine rings is 1. The highest BCUT2D eigenvalue weighted by atomic mass is 16.2. The summed E-state index contributed by atoms with van der Waals surface area (Å²) in [6.07, 6.45) is 9.40. The SMILES string of the molecule is CCCC[C@@H]1C=CCN1C(=O)NCc1cnc2ccccc2c1. The number of nitrogens with one attached hydrogen (secondary N) is 1. The number of unbranched alkanes of at least 4 members (excludes halogenated alkanes) is 1. The largest absolute Gasteiger partial charge is 0.334 e. The summed E-state index contributed by atoms with van der Waals surface area (Å²) in [7, 11) is 0. The van der Waals surface area contributed by atoms with Gasteiger partial charge >= 0.3 is 6.03 Å². The minimum absolute atomic E-state index is 0.00395. The van der Waals surface area contributed by atoms with E-state index in [-0.39, 0.29) is 12.1 Å². The fraction of sp³-hybridized carbons (Fsp3) is 0.368. The Balaban J connectivity index is 1.59. The van der Waals surface area contributed by atoms with E-state index in [1.807, 2.05) is 35.4 Å². The number of urea groups is 1. The summed E-state index contributed by atoms with van der Waals surface area (Å²) in [5.74, 6) is 0. The van der Waals surface area contributed by atoms with Crippen molar-refractivity contribution in [3.8, 4) is 0 Å². The lowest BCUT2D eigenvalue weighted by molar-refractivity contribution is 0.193. The molecule has 2 heterocycles. The zero-order chi connectivity index (χ0) is 16.1. The smallest absolute Gasteiger partial charge is 0.318 e. The van der Waals surface area contributed by atoms with Gasteiger partial charge in [-0.05, 0) is 24.1 Å². The summed E-state index contributed by atoms with van der Waals surface area (Å²) in [6, 6.07) is 10.3. The first-order valence-corrected chi connectivity index (χ1v) is 8.32. The Bertz CT molecular complexity index is 711. The second-order valence-electron chi connectivity index (χ2n) is 5.99. The van der Waals surface area contributed by atoms with Gasteiger partial charge in [-0.15, -0.1) is 0 Å². The number of fused-ring (bicyclic) bond motifs is 1. The molecule has 0 saturated carbocycles. The molecule has 1 aromatic heterocycles. The lowest BCUT2D eigenvalue weighted by Crippen LogP contribution is -2.42. The van der Waals surface area contributed by atoms with Gasteiger partial charge < -0.3 is 10.2 Å². The van der Waals surface area contributed by atoms with E-state index in [9.17, 15) is 4.79 Å². The van der Waals surface area contributed by atoms with Crippen molar-refractivity contribution < 1.29 is 4.79 Å². The van der Waals surface area contributed by atoms with Gasteiger partial charge in [-0.3, -0.25) is 4.98 Å². The van der Waals surface area contributed by atoms with Crippen molar-refractivity contribution in [3.05, 3.63) is 54.2 Å². The average molecular weight is 309 g/mol. The van der Waals surface area contributed by atoms with Crippen LogP contribution in [0.2, 0.25) is 0 Å². The minimum atomic E-state index is 0.00395. The molecule has 1 aromatic carbocycles. The number of rotatable bonds is 5. The Hall–Kier alpha value is -2.36. The molecule has 0 spiro atoms. The molecule has 1 N–H and O–H groups in total. The van der Waals surface area contributed by atoms with Crippen molar-refractivity contribution in [1.29, 1.82) is 0 Å². The van der Waals surface area contributed by atoms with Crippen molar-refractivity contribution in [1.82, 2.24) is 15.2 Å². The van der Waals surface area contributed by atoms with Gasteiger partial charge in [-0.25, -0.2) is 4.79 Å². The first kappa shape index (κ1) is 15.5. The van der Waals surface area contributed by atoms with E-state index in [0.717, 1.165) is 35.7 Å². The molecule has 0 saturated heterocycles. The summed E-state index contributed by atoms with van der Waals surface area (Å²) in [6.45, 7) is 3.39. The highest BCUT2D eigenvalue weighted by Crippen LogP contribution is 2.17. The van der Waals surface area contributed by atoms with Crippen LogP contribution in [0.4, 0.5) is 4.79 Å². The monoisotopic (exact) mass is 309 g/mol. The quantitative estimate of drug-likeness (QED) is 0.852. The van der Waals surface area contributed by atoms with Gasteiger partial charge in [0.1, 0.15) is 0 Å². The van der Waals surface area contributed by atoms with Crippen LogP contribution in [0.25, 0.3) is 10.9 Å². The molecule has 0 aliphatic carbocycles. The first-order chi connectivity index (χ1) is 11.3. The van der Waals surface area contributed by atoms with E-state index in [0.29, 0.717) is 13.1 Å². The van der Waals surface area contributed by atoms with Crippen LogP contribution in [0.15, 0.2) is 48.7 Å². The molecule has 2 amide bonds. The lowest BCUT2D eigenvalue weighted by atomic mass is 10.1. The molecule has 4 nitrogen and oxygen atoms in total. The third-order valence-electron chi connectivity index (χ3n) is 4.27. The van der Waals surface area contributed by atoms with Crippen LogP contribution >= 0.6 is 0 Å². The second kappa shape index (κ2) is 7.27. The predicted octanol–water partition coefficient (Wildman–Crippen LogP) is 3.88. The fourth-order valence-corrected chi connectivity index (χ4v) is 2.96. The number of carbonyl (C=O) groups excluding carboxylic acids is 1. The fourth-order valence-electron chi connectivity index (χ4n) is 2.96. The molecular weight excluding hydrogens is 286 g/mol. The Labute approximate surface area is 137 Å². The van der Waals surface area contributed by atoms with E-state index < -0.39 is 0 Å². The Kier molecular flexibility index (Phi) is 4.91. The highest BCUT2D eigenvalue weighted by Gasteiger charge is 2.23. The Morgan fingerprint density at radius 2 is 2.26 bits per heavy atom. The summed E-state index contributed by atoms with van der Waals surface area (Å²) in [5, 5.41) is 4.12. The number of benzene rings is 1. The summed E-state index contributed by atoms with van der Waals surface area (Å²) >= 11 is 0. The van der Waals surface area contributed by atoms with Gasteiger partial charge in [0.15, 0.2) is 0 Å². The second-order valence-corrected chi connectivity index (χ2v) is 5.99. The van der Waals surface area contributed by atoms with Gasteiger partial charge in [0.2, 0.25) is 0 Å². The van der Waals surface area contributed by atoms with E-state index in [1.165, 1.54) is 0 Å². The Morgan fingerprint density at radius 1 is 1.39 bits per heavy atom. The van der Waals surface area contributed by atoms with Gasteiger partial charge in [0.25, 0.3) is 0 Å². The molecule has 3 rings (SSSR count). The molecule has 0 unspecified atom stereocenters. The zero-order valence-electron chi connectivity index (χ0n) is 13.5. The maximum atomic E-state index is 12.4. The topological polar surface area (TPSA) is 45.2 Å². The number of nitrogens with zero attached hydrogens (tertiary/aromatic N) is 2. The Morgan fingerprint density at radius 3 is 3.13 bits per heavy atom. The average Bonchev–Trinajstić information content (AvgIpc) is 3.06. The lowest BCUT2D eigenvalue weighted by Gasteiger charge is -2.24. The highest BCUT2D eigenvalue weighted by molar-refractivity contribution is 5.79. The third-order valence-corrected chi connectivity index (χ3v) is 4.27. The molecule has 4 heteroatoms. The van der Waals surface area contributed by atoms with Gasteiger partial charge in [-0.2, -0.15) is 0 Å². The van der Waals surface area contributed by atoms with Gasteiger partial charge in [-0.1, -0.05) is 50.1 Å². The molecule has 1 aliphatic rings. The number of carbonyl (C=O) groups is 1. The normalized spacial score (nSPS) is 16.9. The zero-order valence-corrected chi connectivity index (χ0v) is 13.5. The standard InChI is InChI=1S/C19H23N3O/c1-2-3-8-17-9-6-11-22(17)19(23)21-14-15-12-16-7-4-5-10-18(16)20-13-15/h4-7,9-10,12-13,17H,2-3,8,11,14H2,1H3,(H,21,23)/t17-/m1/s1. The van der Waals surface area contributed by atoms with Crippen molar-refractivity contribution in [2.24, 2.45) is 0 Å². The van der Waals surface area contributed by atoms with Crippen molar-refractivity contribution in [3.63, 3.8) is 0 Å². The third kappa shape index (κ3) is 3.70. The van der Waals surface area contributed by atoms with Crippen LogP contribution in [-0.2, 0) is 6.54 Å². The van der Waals surface area contributed by atoms with Crippen molar-refractivity contribution >= 4 is 16.9 Å². The number of hydrogen-bond acceptors (Lipinski definition) is 2. The summed E-state index contributed by atoms with van der Waals surface area (Å²) in [4.78, 5) is 18.8. The van der Waals surface area contributed by atoms with Crippen LogP contribution in [0.5, 0.6) is 0 Å². The number of amides is 2. The van der Waals surface area contributed by atoms with E-state index in [1.54, 1.807) is 0 Å². The number of para-hydroxylation sites is 1. The van der Waals surface area contributed by atoms with E-state index in [2.05, 4.69) is 35.4 Å². The molecular formula is C19H23N3O. The number of hydrogen-bond donors (Lipinski definition) is 1. The molecule has 23 heavy (non-hydrogen) atoms. The van der Waals surface area contributed by atoms with Crippen LogP contribution in [0.3, 0.4) is 0 Å². The van der Waals surface area contributed by atoms with Crippen LogP contribution in [0, 0.1) is 0 Å². The maximum absolute atomic E-state index is 12.4. The van der Waals surface area contributed by atoms with E-state index >= 15 is 0 Å². The minimum Gasteiger partial charge on any atom is -0.334 e. The molecule has 120 valence electrons. The van der Waals surface area contributed by atoms with Crippen molar-refractivity contribution in [2.45, 2.75) is 38.8 Å². The first-order valence-electron chi connectivity index (χ1n) is 8.32. The number of aromatic nitrogens is 1. The molecule has 2 aromatic rings. The van der Waals surface area contributed by atoms with E-state index in [4.69, 9.17) is 0 Å². The molecule has 0 radical (unpaired) electrons. The molecule has 0 fully saturated rings. The van der Waals surface area contributed by atoms with Crippen LogP contribution in [0.1, 0.15) is 31.7 Å². The van der Waals surface area contributed by atoms with Crippen LogP contribution < -0.4 is 5.32 Å². The predicted molar refractivity (Wildman–Crippen MR) is 93.1 cm³/mol. The summed E-state index contributed by atoms with van der Waals surface area (Å²) in [5.41, 5.74) is 2.00. The molecule has 1 aliphatic heterocycles. The molecule has 0 bridgehead atoms. The van der Waals surface area contributed by atoms with Crippen molar-refractivity contribution in [2.75, 3.05) is 6.54 Å². The van der Waals surface area contributed by atoms with Crippen LogP contribution in [-0.4, -0.2) is 28.5 Å².